The maximum atomic E-state index is 13.0. The van der Waals surface area contributed by atoms with Gasteiger partial charge in [-0.05, 0) is 30.2 Å². The van der Waals surface area contributed by atoms with Gasteiger partial charge in [0, 0.05) is 0 Å². The predicted octanol–water partition coefficient (Wildman–Crippen LogP) is 3.71. The quantitative estimate of drug-likeness (QED) is 0.584. The van der Waals surface area contributed by atoms with Crippen molar-refractivity contribution in [1.29, 1.82) is 0 Å². The van der Waals surface area contributed by atoms with Crippen molar-refractivity contribution in [1.82, 2.24) is 0 Å². The van der Waals surface area contributed by atoms with Crippen molar-refractivity contribution >= 4 is 5.69 Å². The Balaban J connectivity index is 2.68. The smallest absolute Gasteiger partial charge is 0.258 e. The minimum Gasteiger partial charge on any atom is -0.258 e. The van der Waals surface area contributed by atoms with Crippen LogP contribution in [0.2, 0.25) is 0 Å². The molecule has 2 rings (SSSR count). The lowest BCUT2D eigenvalue weighted by Gasteiger charge is -2.06. The highest BCUT2D eigenvalue weighted by Gasteiger charge is 2.17. The van der Waals surface area contributed by atoms with Gasteiger partial charge in [0.2, 0.25) is 0 Å². The summed E-state index contributed by atoms with van der Waals surface area (Å²) in [5, 5.41) is 10.9. The van der Waals surface area contributed by atoms with Gasteiger partial charge in [-0.3, -0.25) is 10.1 Å². The lowest BCUT2D eigenvalue weighted by molar-refractivity contribution is -0.384. The van der Waals surface area contributed by atoms with Crippen molar-refractivity contribution in [2.45, 2.75) is 6.92 Å². The van der Waals surface area contributed by atoms with Crippen molar-refractivity contribution in [3.8, 4) is 11.1 Å². The van der Waals surface area contributed by atoms with Gasteiger partial charge < -0.3 is 0 Å². The molecule has 0 aliphatic carbocycles. The van der Waals surface area contributed by atoms with Gasteiger partial charge in [-0.25, -0.2) is 4.39 Å². The zero-order chi connectivity index (χ0) is 12.4. The summed E-state index contributed by atoms with van der Waals surface area (Å²) in [5.41, 5.74) is 1.90. The maximum Gasteiger partial charge on any atom is 0.280 e. The molecule has 0 fully saturated rings. The van der Waals surface area contributed by atoms with E-state index < -0.39 is 10.7 Å². The molecule has 0 bridgehead atoms. The predicted molar refractivity (Wildman–Crippen MR) is 63.2 cm³/mol. The molecule has 17 heavy (non-hydrogen) atoms. The summed E-state index contributed by atoms with van der Waals surface area (Å²) in [4.78, 5) is 10.3. The zero-order valence-corrected chi connectivity index (χ0v) is 9.18. The van der Waals surface area contributed by atoms with Gasteiger partial charge in [0.25, 0.3) is 5.69 Å². The fraction of sp³-hybridized carbons (Fsp3) is 0.0769. The van der Waals surface area contributed by atoms with Crippen LogP contribution in [0.5, 0.6) is 0 Å². The van der Waals surface area contributed by atoms with Gasteiger partial charge in [-0.2, -0.15) is 0 Å². The van der Waals surface area contributed by atoms with Gasteiger partial charge in [0.15, 0.2) is 0 Å². The largest absolute Gasteiger partial charge is 0.280 e. The fourth-order valence-electron chi connectivity index (χ4n) is 1.76. The van der Waals surface area contributed by atoms with E-state index in [1.165, 1.54) is 12.1 Å². The second-order valence-corrected chi connectivity index (χ2v) is 3.73. The van der Waals surface area contributed by atoms with E-state index in [1.54, 1.807) is 12.1 Å². The van der Waals surface area contributed by atoms with E-state index in [0.717, 1.165) is 17.2 Å². The van der Waals surface area contributed by atoms with Crippen LogP contribution in [-0.2, 0) is 0 Å². The average Bonchev–Trinajstić information content (AvgIpc) is 2.30. The second-order valence-electron chi connectivity index (χ2n) is 3.73. The maximum absolute atomic E-state index is 13.0. The normalized spacial score (nSPS) is 10.2. The topological polar surface area (TPSA) is 43.1 Å². The molecule has 0 saturated carbocycles. The molecule has 0 aliphatic rings. The molecule has 4 heteroatoms. The Hall–Kier alpha value is -2.23. The Kier molecular flexibility index (Phi) is 2.87. The summed E-state index contributed by atoms with van der Waals surface area (Å²) in [6.45, 7) is 1.86. The summed E-state index contributed by atoms with van der Waals surface area (Å²) >= 11 is 0. The van der Waals surface area contributed by atoms with Crippen LogP contribution in [0.3, 0.4) is 0 Å². The van der Waals surface area contributed by atoms with E-state index in [9.17, 15) is 14.5 Å². The minimum absolute atomic E-state index is 0.209. The number of nitrogens with zero attached hydrogens (tertiary/aromatic N) is 1. The standard InChI is InChI=1S/C13H10FNO2/c1-9-4-2-3-5-11(9)12-7-6-10(14)8-13(12)15(16)17/h2-8H,1H3. The van der Waals surface area contributed by atoms with Crippen molar-refractivity contribution in [3.05, 3.63) is 64.0 Å². The summed E-state index contributed by atoms with van der Waals surface area (Å²) in [6.07, 6.45) is 0. The molecule has 0 aromatic heterocycles. The van der Waals surface area contributed by atoms with Crippen LogP contribution in [0.4, 0.5) is 10.1 Å². The van der Waals surface area contributed by atoms with E-state index in [0.29, 0.717) is 5.56 Å². The van der Waals surface area contributed by atoms with Crippen LogP contribution in [-0.4, -0.2) is 4.92 Å². The van der Waals surface area contributed by atoms with Crippen LogP contribution in [0.15, 0.2) is 42.5 Å². The van der Waals surface area contributed by atoms with Gasteiger partial charge in [-0.1, -0.05) is 24.3 Å². The Morgan fingerprint density at radius 3 is 2.47 bits per heavy atom. The van der Waals surface area contributed by atoms with E-state index in [1.807, 2.05) is 19.1 Å². The Bertz CT molecular complexity index is 581. The minimum atomic E-state index is -0.603. The van der Waals surface area contributed by atoms with Gasteiger partial charge in [-0.15, -0.1) is 0 Å². The molecule has 3 nitrogen and oxygen atoms in total. The van der Waals surface area contributed by atoms with E-state index in [4.69, 9.17) is 0 Å². The van der Waals surface area contributed by atoms with E-state index in [2.05, 4.69) is 0 Å². The van der Waals surface area contributed by atoms with Crippen molar-refractivity contribution in [2.24, 2.45) is 0 Å². The van der Waals surface area contributed by atoms with Crippen molar-refractivity contribution in [3.63, 3.8) is 0 Å². The SMILES string of the molecule is Cc1ccccc1-c1ccc(F)cc1[N+](=O)[O-]. The monoisotopic (exact) mass is 231 g/mol. The molecule has 0 N–H and O–H groups in total. The van der Waals surface area contributed by atoms with Crippen molar-refractivity contribution in [2.75, 3.05) is 0 Å². The zero-order valence-electron chi connectivity index (χ0n) is 9.18. The van der Waals surface area contributed by atoms with Gasteiger partial charge in [0.05, 0.1) is 16.6 Å². The molecule has 0 atom stereocenters. The summed E-state index contributed by atoms with van der Waals surface area (Å²) in [7, 11) is 0. The number of hydrogen-bond acceptors (Lipinski definition) is 2. The Morgan fingerprint density at radius 1 is 1.12 bits per heavy atom. The molecular weight excluding hydrogens is 221 g/mol. The number of benzene rings is 2. The second kappa shape index (κ2) is 4.33. The number of nitro benzene ring substituents is 1. The molecule has 0 radical (unpaired) electrons. The third-order valence-corrected chi connectivity index (χ3v) is 2.59. The molecular formula is C13H10FNO2. The molecule has 0 aliphatic heterocycles. The highest BCUT2D eigenvalue weighted by Crippen LogP contribution is 2.32. The first kappa shape index (κ1) is 11.3. The van der Waals surface area contributed by atoms with Gasteiger partial charge in [0.1, 0.15) is 5.82 Å². The number of rotatable bonds is 2. The van der Waals surface area contributed by atoms with Crippen LogP contribution in [0, 0.1) is 22.9 Å². The molecule has 0 unspecified atom stereocenters. The first-order valence-corrected chi connectivity index (χ1v) is 5.09. The molecule has 86 valence electrons. The van der Waals surface area contributed by atoms with Crippen LogP contribution in [0.25, 0.3) is 11.1 Å². The van der Waals surface area contributed by atoms with Gasteiger partial charge >= 0.3 is 0 Å². The highest BCUT2D eigenvalue weighted by atomic mass is 19.1. The fourth-order valence-corrected chi connectivity index (χ4v) is 1.76. The van der Waals surface area contributed by atoms with Crippen LogP contribution in [0.1, 0.15) is 5.56 Å². The Morgan fingerprint density at radius 2 is 1.82 bits per heavy atom. The summed E-state index contributed by atoms with van der Waals surface area (Å²) in [5.74, 6) is -0.603. The van der Waals surface area contributed by atoms with Crippen LogP contribution < -0.4 is 0 Å². The van der Waals surface area contributed by atoms with Crippen molar-refractivity contribution < 1.29 is 9.31 Å². The summed E-state index contributed by atoms with van der Waals surface area (Å²) < 4.78 is 13.0. The molecule has 0 heterocycles. The molecule has 0 amide bonds. The number of halogens is 1. The third-order valence-electron chi connectivity index (χ3n) is 2.59. The molecule has 2 aromatic carbocycles. The third kappa shape index (κ3) is 2.15. The lowest BCUT2D eigenvalue weighted by Crippen LogP contribution is -1.94. The molecule has 0 saturated heterocycles. The average molecular weight is 231 g/mol. The number of hydrogen-bond donors (Lipinski definition) is 0. The number of nitro groups is 1. The number of aryl methyl sites for hydroxylation is 1. The molecule has 2 aromatic rings. The first-order valence-electron chi connectivity index (χ1n) is 5.09. The Labute approximate surface area is 97.7 Å². The lowest BCUT2D eigenvalue weighted by atomic mass is 9.99. The first-order chi connectivity index (χ1) is 8.09. The van der Waals surface area contributed by atoms with E-state index in [-0.39, 0.29) is 5.69 Å². The van der Waals surface area contributed by atoms with E-state index >= 15 is 0 Å². The summed E-state index contributed by atoms with van der Waals surface area (Å²) in [6, 6.07) is 10.9. The highest BCUT2D eigenvalue weighted by molar-refractivity contribution is 5.75. The molecule has 0 spiro atoms. The van der Waals surface area contributed by atoms with Crippen LogP contribution >= 0.6 is 0 Å².